The number of nitrogens with two attached hydrogens (primary N) is 1. The Kier molecular flexibility index (Phi) is 4.56. The first-order valence-corrected chi connectivity index (χ1v) is 5.03. The zero-order chi connectivity index (χ0) is 10.4. The summed E-state index contributed by atoms with van der Waals surface area (Å²) < 4.78 is 0. The molecule has 1 aromatic rings. The minimum Gasteiger partial charge on any atom is -0.330 e. The van der Waals surface area contributed by atoms with Crippen molar-refractivity contribution in [3.8, 4) is 0 Å². The van der Waals surface area contributed by atoms with Crippen LogP contribution in [0.4, 0.5) is 0 Å². The summed E-state index contributed by atoms with van der Waals surface area (Å²) in [4.78, 5) is 6.30. The van der Waals surface area contributed by atoms with Gasteiger partial charge in [-0.3, -0.25) is 9.88 Å². The van der Waals surface area contributed by atoms with Crippen LogP contribution in [-0.4, -0.2) is 29.5 Å². The standard InChI is InChI=1S/C11H19N3/c1-10(3-6-12)14(2)9-11-4-7-13-8-5-11/h4-5,7-8,10H,3,6,9,12H2,1-2H3. The SMILES string of the molecule is CC(CCN)N(C)Cc1ccncc1. The van der Waals surface area contributed by atoms with Gasteiger partial charge in [0.05, 0.1) is 0 Å². The zero-order valence-corrected chi connectivity index (χ0v) is 8.98. The van der Waals surface area contributed by atoms with Gasteiger partial charge in [0.25, 0.3) is 0 Å². The molecule has 0 fully saturated rings. The van der Waals surface area contributed by atoms with Crippen molar-refractivity contribution in [1.29, 1.82) is 0 Å². The lowest BCUT2D eigenvalue weighted by molar-refractivity contribution is 0.240. The van der Waals surface area contributed by atoms with Crippen molar-refractivity contribution < 1.29 is 0 Å². The summed E-state index contributed by atoms with van der Waals surface area (Å²) in [6.07, 6.45) is 4.70. The van der Waals surface area contributed by atoms with Crippen LogP contribution in [-0.2, 0) is 6.54 Å². The van der Waals surface area contributed by atoms with E-state index in [1.54, 1.807) is 0 Å². The van der Waals surface area contributed by atoms with Crippen LogP contribution in [0.2, 0.25) is 0 Å². The summed E-state index contributed by atoms with van der Waals surface area (Å²) in [6, 6.07) is 4.63. The third-order valence-electron chi connectivity index (χ3n) is 2.52. The van der Waals surface area contributed by atoms with Gasteiger partial charge in [-0.05, 0) is 44.6 Å². The Labute approximate surface area is 85.9 Å². The maximum atomic E-state index is 5.52. The zero-order valence-electron chi connectivity index (χ0n) is 8.98. The quantitative estimate of drug-likeness (QED) is 0.765. The van der Waals surface area contributed by atoms with Crippen LogP contribution < -0.4 is 5.73 Å². The molecule has 0 amide bonds. The Hall–Kier alpha value is -0.930. The van der Waals surface area contributed by atoms with Gasteiger partial charge in [-0.1, -0.05) is 0 Å². The third kappa shape index (κ3) is 3.44. The third-order valence-corrected chi connectivity index (χ3v) is 2.52. The molecule has 0 aliphatic heterocycles. The minimum atomic E-state index is 0.535. The van der Waals surface area contributed by atoms with Gasteiger partial charge in [-0.25, -0.2) is 0 Å². The van der Waals surface area contributed by atoms with Gasteiger partial charge in [0.2, 0.25) is 0 Å². The van der Waals surface area contributed by atoms with E-state index >= 15 is 0 Å². The van der Waals surface area contributed by atoms with E-state index in [1.165, 1.54) is 5.56 Å². The average Bonchev–Trinajstić information content (AvgIpc) is 2.19. The fraction of sp³-hybridized carbons (Fsp3) is 0.545. The van der Waals surface area contributed by atoms with Crippen LogP contribution in [0.25, 0.3) is 0 Å². The number of rotatable bonds is 5. The second-order valence-corrected chi connectivity index (χ2v) is 3.70. The molecule has 0 bridgehead atoms. The summed E-state index contributed by atoms with van der Waals surface area (Å²) in [5.74, 6) is 0. The molecule has 78 valence electrons. The van der Waals surface area contributed by atoms with Gasteiger partial charge in [-0.15, -0.1) is 0 Å². The molecule has 3 heteroatoms. The van der Waals surface area contributed by atoms with E-state index in [9.17, 15) is 0 Å². The van der Waals surface area contributed by atoms with Crippen molar-refractivity contribution in [1.82, 2.24) is 9.88 Å². The largest absolute Gasteiger partial charge is 0.330 e. The van der Waals surface area contributed by atoms with Crippen LogP contribution in [0.5, 0.6) is 0 Å². The van der Waals surface area contributed by atoms with Crippen molar-refractivity contribution in [3.05, 3.63) is 30.1 Å². The molecule has 1 rings (SSSR count). The molecule has 0 radical (unpaired) electrons. The number of nitrogens with zero attached hydrogens (tertiary/aromatic N) is 2. The lowest BCUT2D eigenvalue weighted by atomic mass is 10.2. The predicted molar refractivity (Wildman–Crippen MR) is 58.8 cm³/mol. The molecule has 1 unspecified atom stereocenters. The van der Waals surface area contributed by atoms with Crippen molar-refractivity contribution >= 4 is 0 Å². The smallest absolute Gasteiger partial charge is 0.0271 e. The molecule has 1 heterocycles. The number of hydrogen-bond acceptors (Lipinski definition) is 3. The highest BCUT2D eigenvalue weighted by atomic mass is 15.1. The van der Waals surface area contributed by atoms with Crippen LogP contribution >= 0.6 is 0 Å². The minimum absolute atomic E-state index is 0.535. The molecule has 0 saturated carbocycles. The molecular formula is C11H19N3. The highest BCUT2D eigenvalue weighted by Crippen LogP contribution is 2.06. The molecule has 1 aromatic heterocycles. The van der Waals surface area contributed by atoms with Gasteiger partial charge >= 0.3 is 0 Å². The van der Waals surface area contributed by atoms with Crippen molar-refractivity contribution in [2.24, 2.45) is 5.73 Å². The monoisotopic (exact) mass is 193 g/mol. The maximum Gasteiger partial charge on any atom is 0.0271 e. The van der Waals surface area contributed by atoms with Gasteiger partial charge in [-0.2, -0.15) is 0 Å². The fourth-order valence-corrected chi connectivity index (χ4v) is 1.39. The molecule has 1 atom stereocenters. The normalized spacial score (nSPS) is 13.1. The Morgan fingerprint density at radius 3 is 2.64 bits per heavy atom. The number of hydrogen-bond donors (Lipinski definition) is 1. The molecule has 0 saturated heterocycles. The van der Waals surface area contributed by atoms with Crippen LogP contribution in [0.1, 0.15) is 18.9 Å². The van der Waals surface area contributed by atoms with Gasteiger partial charge in [0, 0.05) is 25.0 Å². The van der Waals surface area contributed by atoms with E-state index in [1.807, 2.05) is 24.5 Å². The first-order valence-electron chi connectivity index (χ1n) is 5.03. The fourth-order valence-electron chi connectivity index (χ4n) is 1.39. The van der Waals surface area contributed by atoms with Crippen molar-refractivity contribution in [2.45, 2.75) is 25.9 Å². The average molecular weight is 193 g/mol. The first-order chi connectivity index (χ1) is 6.74. The molecule has 3 nitrogen and oxygen atoms in total. The summed E-state index contributed by atoms with van der Waals surface area (Å²) in [5, 5.41) is 0. The highest BCUT2D eigenvalue weighted by Gasteiger charge is 2.07. The Morgan fingerprint density at radius 2 is 2.07 bits per heavy atom. The van der Waals surface area contributed by atoms with Gasteiger partial charge < -0.3 is 5.73 Å². The first kappa shape index (κ1) is 11.1. The van der Waals surface area contributed by atoms with E-state index in [-0.39, 0.29) is 0 Å². The lowest BCUT2D eigenvalue weighted by Crippen LogP contribution is -2.30. The van der Waals surface area contributed by atoms with Crippen molar-refractivity contribution in [2.75, 3.05) is 13.6 Å². The van der Waals surface area contributed by atoms with E-state index in [4.69, 9.17) is 5.73 Å². The Bertz CT molecular complexity index is 248. The summed E-state index contributed by atoms with van der Waals surface area (Å²) in [7, 11) is 2.13. The number of aromatic nitrogens is 1. The topological polar surface area (TPSA) is 42.1 Å². The van der Waals surface area contributed by atoms with Crippen LogP contribution in [0.3, 0.4) is 0 Å². The van der Waals surface area contributed by atoms with Crippen LogP contribution in [0, 0.1) is 0 Å². The second kappa shape index (κ2) is 5.73. The molecule has 14 heavy (non-hydrogen) atoms. The maximum absolute atomic E-state index is 5.52. The van der Waals surface area contributed by atoms with E-state index in [0.717, 1.165) is 19.5 Å². The van der Waals surface area contributed by atoms with E-state index < -0.39 is 0 Å². The van der Waals surface area contributed by atoms with Crippen LogP contribution in [0.15, 0.2) is 24.5 Å². The molecular weight excluding hydrogens is 174 g/mol. The van der Waals surface area contributed by atoms with E-state index in [2.05, 4.69) is 23.9 Å². The summed E-state index contributed by atoms with van der Waals surface area (Å²) in [6.45, 7) is 3.92. The second-order valence-electron chi connectivity index (χ2n) is 3.70. The summed E-state index contributed by atoms with van der Waals surface area (Å²) in [5.41, 5.74) is 6.82. The summed E-state index contributed by atoms with van der Waals surface area (Å²) >= 11 is 0. The Balaban J connectivity index is 2.44. The predicted octanol–water partition coefficient (Wildman–Crippen LogP) is 1.25. The lowest BCUT2D eigenvalue weighted by Gasteiger charge is -2.24. The number of pyridine rings is 1. The molecule has 0 aromatic carbocycles. The highest BCUT2D eigenvalue weighted by molar-refractivity contribution is 5.09. The molecule has 0 spiro atoms. The Morgan fingerprint density at radius 1 is 1.43 bits per heavy atom. The molecule has 0 aliphatic carbocycles. The van der Waals surface area contributed by atoms with E-state index in [0.29, 0.717) is 6.04 Å². The molecule has 2 N–H and O–H groups in total. The van der Waals surface area contributed by atoms with Gasteiger partial charge in [0.15, 0.2) is 0 Å². The molecule has 0 aliphatic rings. The van der Waals surface area contributed by atoms with Gasteiger partial charge in [0.1, 0.15) is 0 Å². The van der Waals surface area contributed by atoms with Crippen molar-refractivity contribution in [3.63, 3.8) is 0 Å².